The van der Waals surface area contributed by atoms with Crippen molar-refractivity contribution < 1.29 is 9.59 Å². The molecule has 0 radical (unpaired) electrons. The number of nitrogens with one attached hydrogen (secondary N) is 3. The zero-order chi connectivity index (χ0) is 15.4. The maximum atomic E-state index is 12.0. The Kier molecular flexibility index (Phi) is 5.58. The summed E-state index contributed by atoms with van der Waals surface area (Å²) in [5.74, 6) is 1.47. The Hall–Kier alpha value is -1.14. The third kappa shape index (κ3) is 4.17. The van der Waals surface area contributed by atoms with Crippen LogP contribution in [0.3, 0.4) is 0 Å². The van der Waals surface area contributed by atoms with E-state index in [1.807, 2.05) is 13.8 Å². The zero-order valence-corrected chi connectivity index (χ0v) is 13.3. The van der Waals surface area contributed by atoms with Crippen molar-refractivity contribution in [2.24, 2.45) is 17.8 Å². The average Bonchev–Trinajstić information content (AvgIpc) is 2.96. The van der Waals surface area contributed by atoms with E-state index in [1.54, 1.807) is 0 Å². The fourth-order valence-corrected chi connectivity index (χ4v) is 3.55. The van der Waals surface area contributed by atoms with Crippen molar-refractivity contribution in [3.05, 3.63) is 0 Å². The lowest BCUT2D eigenvalue weighted by atomic mass is 9.93. The number of carbonyl (C=O) groups is 2. The van der Waals surface area contributed by atoms with E-state index in [1.165, 1.54) is 0 Å². The van der Waals surface area contributed by atoms with Crippen LogP contribution in [0.2, 0.25) is 0 Å². The Bertz CT molecular complexity index is 386. The van der Waals surface area contributed by atoms with Gasteiger partial charge in [0.2, 0.25) is 5.91 Å². The minimum atomic E-state index is -0.386. The van der Waals surface area contributed by atoms with E-state index < -0.39 is 0 Å². The first-order valence-corrected chi connectivity index (χ1v) is 8.03. The molecular weight excluding hydrogens is 268 g/mol. The molecule has 2 fully saturated rings. The Balaban J connectivity index is 1.78. The number of imide groups is 1. The van der Waals surface area contributed by atoms with E-state index in [0.29, 0.717) is 36.9 Å². The van der Waals surface area contributed by atoms with Crippen LogP contribution in [0.5, 0.6) is 0 Å². The zero-order valence-electron chi connectivity index (χ0n) is 13.3. The third-order valence-electron chi connectivity index (χ3n) is 4.51. The van der Waals surface area contributed by atoms with Crippen LogP contribution in [0, 0.1) is 17.8 Å². The van der Waals surface area contributed by atoms with Gasteiger partial charge in [-0.15, -0.1) is 0 Å². The van der Waals surface area contributed by atoms with E-state index in [9.17, 15) is 9.59 Å². The normalized spacial score (nSPS) is 28.7. The van der Waals surface area contributed by atoms with Crippen LogP contribution >= 0.6 is 0 Å². The molecule has 0 spiro atoms. The number of nitrogens with zero attached hydrogens (tertiary/aromatic N) is 1. The molecule has 0 saturated carbocycles. The van der Waals surface area contributed by atoms with E-state index in [4.69, 9.17) is 0 Å². The first kappa shape index (κ1) is 16.2. The summed E-state index contributed by atoms with van der Waals surface area (Å²) in [5.41, 5.74) is 0. The lowest BCUT2D eigenvalue weighted by Gasteiger charge is -2.26. The molecule has 6 nitrogen and oxygen atoms in total. The van der Waals surface area contributed by atoms with Crippen molar-refractivity contribution >= 4 is 11.9 Å². The van der Waals surface area contributed by atoms with Crippen LogP contribution in [0.1, 0.15) is 27.2 Å². The number of likely N-dealkylation sites (tertiary alicyclic amines) is 1. The molecule has 6 heteroatoms. The largest absolute Gasteiger partial charge is 0.338 e. The molecule has 2 aliphatic heterocycles. The fourth-order valence-electron chi connectivity index (χ4n) is 3.55. The van der Waals surface area contributed by atoms with Crippen molar-refractivity contribution in [2.45, 2.75) is 33.2 Å². The number of rotatable bonds is 5. The van der Waals surface area contributed by atoms with Crippen molar-refractivity contribution in [1.29, 1.82) is 0 Å². The van der Waals surface area contributed by atoms with Gasteiger partial charge < -0.3 is 10.6 Å². The molecule has 0 aliphatic carbocycles. The van der Waals surface area contributed by atoms with Crippen LogP contribution in [0.15, 0.2) is 0 Å². The molecule has 0 bridgehead atoms. The Labute approximate surface area is 127 Å². The number of carbonyl (C=O) groups excluding carboxylic acids is 2. The topological polar surface area (TPSA) is 73.5 Å². The molecule has 3 atom stereocenters. The quantitative estimate of drug-likeness (QED) is 0.686. The molecule has 0 aromatic carbocycles. The predicted molar refractivity (Wildman–Crippen MR) is 81.9 cm³/mol. The van der Waals surface area contributed by atoms with E-state index in [0.717, 1.165) is 26.1 Å². The highest BCUT2D eigenvalue weighted by atomic mass is 16.2. The van der Waals surface area contributed by atoms with Gasteiger partial charge in [-0.1, -0.05) is 20.8 Å². The Morgan fingerprint density at radius 3 is 2.76 bits per heavy atom. The maximum Gasteiger partial charge on any atom is 0.321 e. The highest BCUT2D eigenvalue weighted by molar-refractivity contribution is 5.95. The van der Waals surface area contributed by atoms with Crippen LogP contribution in [0.4, 0.5) is 4.79 Å². The lowest BCUT2D eigenvalue weighted by Crippen LogP contribution is -2.47. The van der Waals surface area contributed by atoms with Crippen molar-refractivity contribution in [3.63, 3.8) is 0 Å². The maximum absolute atomic E-state index is 12.0. The Morgan fingerprint density at radius 2 is 2.10 bits per heavy atom. The van der Waals surface area contributed by atoms with Crippen LogP contribution < -0.4 is 16.0 Å². The molecule has 21 heavy (non-hydrogen) atoms. The summed E-state index contributed by atoms with van der Waals surface area (Å²) in [6.45, 7) is 10.2. The van der Waals surface area contributed by atoms with E-state index in [-0.39, 0.29) is 11.9 Å². The van der Waals surface area contributed by atoms with Crippen molar-refractivity contribution in [3.8, 4) is 0 Å². The van der Waals surface area contributed by atoms with Crippen LogP contribution in [0.25, 0.3) is 0 Å². The molecular formula is C15H28N4O2. The summed E-state index contributed by atoms with van der Waals surface area (Å²) in [6.07, 6.45) is 1.05. The molecule has 2 aliphatic rings. The highest BCUT2D eigenvalue weighted by Crippen LogP contribution is 2.33. The summed E-state index contributed by atoms with van der Waals surface area (Å²) in [7, 11) is 0. The second kappa shape index (κ2) is 7.22. The average molecular weight is 296 g/mol. The highest BCUT2D eigenvalue weighted by Gasteiger charge is 2.43. The molecule has 120 valence electrons. The number of hydrogen-bond donors (Lipinski definition) is 3. The molecule has 0 aromatic rings. The minimum Gasteiger partial charge on any atom is -0.338 e. The second-order valence-electron chi connectivity index (χ2n) is 6.64. The third-order valence-corrected chi connectivity index (χ3v) is 4.51. The lowest BCUT2D eigenvalue weighted by molar-refractivity contribution is -0.121. The molecule has 2 heterocycles. The summed E-state index contributed by atoms with van der Waals surface area (Å²) in [6, 6.07) is 0.0669. The van der Waals surface area contributed by atoms with Crippen molar-refractivity contribution in [1.82, 2.24) is 20.9 Å². The molecule has 2 saturated heterocycles. The van der Waals surface area contributed by atoms with Gasteiger partial charge in [0.05, 0.1) is 6.54 Å². The second-order valence-corrected chi connectivity index (χ2v) is 6.64. The van der Waals surface area contributed by atoms with Gasteiger partial charge in [0.1, 0.15) is 0 Å². The number of hydrogen-bond acceptors (Lipinski definition) is 4. The van der Waals surface area contributed by atoms with Gasteiger partial charge in [-0.05, 0) is 37.3 Å². The van der Waals surface area contributed by atoms with Crippen molar-refractivity contribution in [2.75, 3.05) is 32.7 Å². The van der Waals surface area contributed by atoms with E-state index in [2.05, 4.69) is 27.8 Å². The SMILES string of the molecule is CCC1C2CNCC2CN1CC(=O)NC(=O)NCC(C)C. The molecule has 3 N–H and O–H groups in total. The summed E-state index contributed by atoms with van der Waals surface area (Å²) >= 11 is 0. The van der Waals surface area contributed by atoms with Gasteiger partial charge in [0, 0.05) is 19.1 Å². The van der Waals surface area contributed by atoms with Gasteiger partial charge in [-0.25, -0.2) is 4.79 Å². The van der Waals surface area contributed by atoms with Crippen LogP contribution in [-0.4, -0.2) is 55.6 Å². The summed E-state index contributed by atoms with van der Waals surface area (Å²) in [5, 5.41) is 8.56. The number of amides is 3. The predicted octanol–water partition coefficient (Wildman–Crippen LogP) is 0.398. The van der Waals surface area contributed by atoms with Gasteiger partial charge in [-0.3, -0.25) is 15.0 Å². The summed E-state index contributed by atoms with van der Waals surface area (Å²) < 4.78 is 0. The Morgan fingerprint density at radius 1 is 1.33 bits per heavy atom. The van der Waals surface area contributed by atoms with Gasteiger partial charge in [0.15, 0.2) is 0 Å². The molecule has 0 aromatic heterocycles. The molecule has 2 rings (SSSR count). The first-order valence-electron chi connectivity index (χ1n) is 8.03. The standard InChI is InChI=1S/C15H28N4O2/c1-4-13-12-7-16-6-11(12)8-19(13)9-14(20)18-15(21)17-5-10(2)3/h10-13,16H,4-9H2,1-3H3,(H2,17,18,20,21). The van der Waals surface area contributed by atoms with E-state index >= 15 is 0 Å². The van der Waals surface area contributed by atoms with Gasteiger partial charge in [-0.2, -0.15) is 0 Å². The molecule has 3 unspecified atom stereocenters. The van der Waals surface area contributed by atoms with Gasteiger partial charge >= 0.3 is 6.03 Å². The smallest absolute Gasteiger partial charge is 0.321 e. The number of urea groups is 1. The molecule has 3 amide bonds. The first-order chi connectivity index (χ1) is 10.0. The minimum absolute atomic E-state index is 0.206. The van der Waals surface area contributed by atoms with Crippen LogP contribution in [-0.2, 0) is 4.79 Å². The summed E-state index contributed by atoms with van der Waals surface area (Å²) in [4.78, 5) is 25.9. The van der Waals surface area contributed by atoms with Gasteiger partial charge in [0.25, 0.3) is 0 Å². The number of fused-ring (bicyclic) bond motifs is 1. The fraction of sp³-hybridized carbons (Fsp3) is 0.867. The monoisotopic (exact) mass is 296 g/mol.